The second-order valence-electron chi connectivity index (χ2n) is 6.56. The van der Waals surface area contributed by atoms with Crippen LogP contribution in [0.15, 0.2) is 48.5 Å². The Kier molecular flexibility index (Phi) is 5.73. The number of nitrogens with one attached hydrogen (secondary N) is 2. The predicted octanol–water partition coefficient (Wildman–Crippen LogP) is 1.48. The molecule has 3 rings (SSSR count). The van der Waals surface area contributed by atoms with Gasteiger partial charge in [-0.25, -0.2) is 0 Å². The average Bonchev–Trinajstić information content (AvgIpc) is 2.67. The van der Waals surface area contributed by atoms with Gasteiger partial charge in [0, 0.05) is 30.0 Å². The maximum Gasteiger partial charge on any atom is 0.258 e. The first-order valence-corrected chi connectivity index (χ1v) is 8.82. The third-order valence-electron chi connectivity index (χ3n) is 4.53. The summed E-state index contributed by atoms with van der Waals surface area (Å²) in [5.41, 5.74) is 8.75. The molecule has 1 heterocycles. The molecule has 2 unspecified atom stereocenters. The fraction of sp³-hybridized carbons (Fsp3) is 0.300. The van der Waals surface area contributed by atoms with Gasteiger partial charge in [0.25, 0.3) is 5.91 Å². The molecule has 142 valence electrons. The average molecular weight is 368 g/mol. The molecule has 5 N–H and O–H groups in total. The Hall–Kier alpha value is -2.90. The van der Waals surface area contributed by atoms with Crippen LogP contribution >= 0.6 is 0 Å². The summed E-state index contributed by atoms with van der Waals surface area (Å²) in [5.74, 6) is -0.245. The van der Waals surface area contributed by atoms with Gasteiger partial charge in [-0.15, -0.1) is 0 Å². The smallest absolute Gasteiger partial charge is 0.258 e. The lowest BCUT2D eigenvalue weighted by Gasteiger charge is -2.34. The molecule has 27 heavy (non-hydrogen) atoms. The summed E-state index contributed by atoms with van der Waals surface area (Å²) >= 11 is 0. The minimum atomic E-state index is -0.988. The summed E-state index contributed by atoms with van der Waals surface area (Å²) in [6.07, 6.45) is -1.90. The molecule has 0 saturated carbocycles. The number of benzene rings is 2. The Balaban J connectivity index is 1.61. The highest BCUT2D eigenvalue weighted by molar-refractivity contribution is 5.97. The lowest BCUT2D eigenvalue weighted by atomic mass is 10.1. The lowest BCUT2D eigenvalue weighted by molar-refractivity contribution is -0.141. The third kappa shape index (κ3) is 4.45. The number of aryl methyl sites for hydroxylation is 1. The van der Waals surface area contributed by atoms with Crippen molar-refractivity contribution in [1.82, 2.24) is 0 Å². The molecular weight excluding hydrogens is 344 g/mol. The van der Waals surface area contributed by atoms with Gasteiger partial charge in [-0.2, -0.15) is 0 Å². The van der Waals surface area contributed by atoms with Crippen molar-refractivity contribution in [2.75, 3.05) is 29.9 Å². The first-order valence-electron chi connectivity index (χ1n) is 8.82. The number of hydrogen-bond donors (Lipinski definition) is 4. The molecule has 2 atom stereocenters. The molecular formula is C20H24N4O3. The monoisotopic (exact) mass is 368 g/mol. The highest BCUT2D eigenvalue weighted by Crippen LogP contribution is 2.21. The van der Waals surface area contributed by atoms with Crippen LogP contribution in [0.1, 0.15) is 11.1 Å². The number of anilines is 2. The van der Waals surface area contributed by atoms with Gasteiger partial charge in [0.2, 0.25) is 0 Å². The van der Waals surface area contributed by atoms with Gasteiger partial charge >= 0.3 is 0 Å². The van der Waals surface area contributed by atoms with E-state index in [0.29, 0.717) is 18.7 Å². The summed E-state index contributed by atoms with van der Waals surface area (Å²) in [6, 6.07) is 14.7. The number of aliphatic hydroxyl groups is 1. The van der Waals surface area contributed by atoms with E-state index in [1.165, 1.54) is 0 Å². The molecule has 7 nitrogen and oxygen atoms in total. The van der Waals surface area contributed by atoms with Crippen molar-refractivity contribution in [3.8, 4) is 0 Å². The van der Waals surface area contributed by atoms with E-state index >= 15 is 0 Å². The molecule has 7 heteroatoms. The maximum absolute atomic E-state index is 12.8. The number of rotatable bonds is 6. The summed E-state index contributed by atoms with van der Waals surface area (Å²) in [5, 5.41) is 20.9. The largest absolute Gasteiger partial charge is 0.388 e. The number of amides is 1. The first-order chi connectivity index (χ1) is 13.0. The van der Waals surface area contributed by atoms with Gasteiger partial charge in [-0.1, -0.05) is 17.7 Å². The van der Waals surface area contributed by atoms with Crippen molar-refractivity contribution in [2.24, 2.45) is 5.73 Å². The molecule has 0 bridgehead atoms. The summed E-state index contributed by atoms with van der Waals surface area (Å²) < 4.78 is 5.54. The number of morpholine rings is 1. The summed E-state index contributed by atoms with van der Waals surface area (Å²) in [4.78, 5) is 14.4. The van der Waals surface area contributed by atoms with E-state index < -0.39 is 12.2 Å². The van der Waals surface area contributed by atoms with Crippen molar-refractivity contribution in [3.63, 3.8) is 0 Å². The van der Waals surface area contributed by atoms with Gasteiger partial charge in [0.15, 0.2) is 6.10 Å². The number of aliphatic hydroxyl groups excluding tert-OH is 1. The SMILES string of the molecule is Cc1ccc(N2CCOC(C(O)CNc3ccc(C(=N)N)cc3)C2=O)cc1. The van der Waals surface area contributed by atoms with E-state index in [1.807, 2.05) is 31.2 Å². The minimum absolute atomic E-state index is 0.000941. The molecule has 0 spiro atoms. The number of nitrogen functional groups attached to an aromatic ring is 1. The van der Waals surface area contributed by atoms with Crippen LogP contribution in [0.25, 0.3) is 0 Å². The Bertz CT molecular complexity index is 805. The summed E-state index contributed by atoms with van der Waals surface area (Å²) in [7, 11) is 0. The van der Waals surface area contributed by atoms with Crippen LogP contribution in [0, 0.1) is 12.3 Å². The van der Waals surface area contributed by atoms with Crippen LogP contribution in [0.3, 0.4) is 0 Å². The van der Waals surface area contributed by atoms with E-state index in [-0.39, 0.29) is 18.3 Å². The van der Waals surface area contributed by atoms with E-state index in [0.717, 1.165) is 16.9 Å². The zero-order valence-electron chi connectivity index (χ0n) is 15.2. The quantitative estimate of drug-likeness (QED) is 0.456. The van der Waals surface area contributed by atoms with Crippen molar-refractivity contribution in [1.29, 1.82) is 5.41 Å². The standard InChI is InChI=1S/C20H24N4O3/c1-13-2-8-16(9-3-13)24-10-11-27-18(20(24)26)17(25)12-23-15-6-4-14(5-7-15)19(21)22/h2-9,17-18,23,25H,10-12H2,1H3,(H3,21,22). The Labute approximate surface area is 158 Å². The molecule has 0 radical (unpaired) electrons. The molecule has 1 aliphatic rings. The molecule has 1 fully saturated rings. The van der Waals surface area contributed by atoms with Crippen molar-refractivity contribution in [3.05, 3.63) is 59.7 Å². The highest BCUT2D eigenvalue weighted by Gasteiger charge is 2.35. The fourth-order valence-corrected chi connectivity index (χ4v) is 2.96. The fourth-order valence-electron chi connectivity index (χ4n) is 2.96. The predicted molar refractivity (Wildman–Crippen MR) is 105 cm³/mol. The van der Waals surface area contributed by atoms with Crippen molar-refractivity contribution in [2.45, 2.75) is 19.1 Å². The zero-order valence-corrected chi connectivity index (χ0v) is 15.2. The second kappa shape index (κ2) is 8.20. The lowest BCUT2D eigenvalue weighted by Crippen LogP contribution is -2.54. The number of nitrogens with zero attached hydrogens (tertiary/aromatic N) is 1. The number of hydrogen-bond acceptors (Lipinski definition) is 5. The van der Waals surface area contributed by atoms with Gasteiger partial charge in [-0.05, 0) is 43.3 Å². The molecule has 0 aromatic heterocycles. The number of ether oxygens (including phenoxy) is 1. The molecule has 1 aliphatic heterocycles. The van der Waals surface area contributed by atoms with Gasteiger partial charge in [0.1, 0.15) is 11.9 Å². The first kappa shape index (κ1) is 18.9. The van der Waals surface area contributed by atoms with E-state index in [1.54, 1.807) is 29.2 Å². The second-order valence-corrected chi connectivity index (χ2v) is 6.56. The molecule has 1 saturated heterocycles. The molecule has 1 amide bonds. The van der Waals surface area contributed by atoms with Gasteiger partial charge < -0.3 is 25.8 Å². The van der Waals surface area contributed by atoms with Crippen LogP contribution < -0.4 is 16.0 Å². The van der Waals surface area contributed by atoms with Crippen LogP contribution in [0.5, 0.6) is 0 Å². The van der Waals surface area contributed by atoms with E-state index in [4.69, 9.17) is 15.9 Å². The van der Waals surface area contributed by atoms with Crippen LogP contribution in [0.2, 0.25) is 0 Å². The molecule has 2 aromatic rings. The molecule has 0 aliphatic carbocycles. The maximum atomic E-state index is 12.8. The summed E-state index contributed by atoms with van der Waals surface area (Å²) in [6.45, 7) is 2.99. The Morgan fingerprint density at radius 1 is 1.30 bits per heavy atom. The van der Waals surface area contributed by atoms with Crippen LogP contribution in [0.4, 0.5) is 11.4 Å². The van der Waals surface area contributed by atoms with Crippen molar-refractivity contribution < 1.29 is 14.6 Å². The Morgan fingerprint density at radius 2 is 1.96 bits per heavy atom. The third-order valence-corrected chi connectivity index (χ3v) is 4.53. The van der Waals surface area contributed by atoms with E-state index in [2.05, 4.69) is 5.32 Å². The Morgan fingerprint density at radius 3 is 2.59 bits per heavy atom. The normalized spacial score (nSPS) is 18.2. The molecule has 2 aromatic carbocycles. The highest BCUT2D eigenvalue weighted by atomic mass is 16.5. The minimum Gasteiger partial charge on any atom is -0.388 e. The van der Waals surface area contributed by atoms with Gasteiger partial charge in [0.05, 0.1) is 6.61 Å². The van der Waals surface area contributed by atoms with E-state index in [9.17, 15) is 9.90 Å². The number of carbonyl (C=O) groups excluding carboxylic acids is 1. The number of amidine groups is 1. The zero-order chi connectivity index (χ0) is 19.4. The van der Waals surface area contributed by atoms with Crippen LogP contribution in [-0.2, 0) is 9.53 Å². The topological polar surface area (TPSA) is 112 Å². The number of nitrogens with two attached hydrogens (primary N) is 1. The number of carbonyl (C=O) groups is 1. The van der Waals surface area contributed by atoms with Crippen molar-refractivity contribution >= 4 is 23.1 Å². The van der Waals surface area contributed by atoms with Gasteiger partial charge in [-0.3, -0.25) is 10.2 Å². The van der Waals surface area contributed by atoms with Crippen LogP contribution in [-0.4, -0.2) is 48.8 Å².